The minimum atomic E-state index is 0. The summed E-state index contributed by atoms with van der Waals surface area (Å²) in [6, 6.07) is 0. The molecule has 0 bridgehead atoms. The van der Waals surface area contributed by atoms with Gasteiger partial charge in [0.05, 0.1) is 0 Å². The van der Waals surface area contributed by atoms with Crippen LogP contribution in [0.5, 0.6) is 0 Å². The van der Waals surface area contributed by atoms with E-state index in [0.29, 0.717) is 5.41 Å². The van der Waals surface area contributed by atoms with E-state index in [1.807, 2.05) is 12.2 Å². The van der Waals surface area contributed by atoms with Gasteiger partial charge in [-0.25, -0.2) is 30.2 Å². The average molecular weight is 533 g/mol. The first kappa shape index (κ1) is 42.8. The SMILES string of the molecule is CCC1(CC)C=CC2CC[CH-]C2=C1.[C-]1=CC=CC1.[CH2-]CCC.[CH2-]CCC.[CH2-]CCC.[CH3-].[CH3-].[Zr]. The van der Waals surface area contributed by atoms with E-state index in [1.165, 1.54) is 44.9 Å². The van der Waals surface area contributed by atoms with E-state index >= 15 is 0 Å². The fourth-order valence-electron chi connectivity index (χ4n) is 2.84. The van der Waals surface area contributed by atoms with E-state index in [1.54, 1.807) is 5.57 Å². The molecule has 0 radical (unpaired) electrons. The zero-order valence-electron chi connectivity index (χ0n) is 23.5. The van der Waals surface area contributed by atoms with Gasteiger partial charge in [0.15, 0.2) is 0 Å². The minimum Gasteiger partial charge on any atom is -0.358 e. The largest absolute Gasteiger partial charge is 0.358 e. The van der Waals surface area contributed by atoms with Crippen LogP contribution in [-0.2, 0) is 26.2 Å². The van der Waals surface area contributed by atoms with Gasteiger partial charge in [0, 0.05) is 26.2 Å². The number of fused-ring (bicyclic) bond motifs is 1. The van der Waals surface area contributed by atoms with Gasteiger partial charge in [-0.05, 0) is 5.92 Å². The van der Waals surface area contributed by atoms with Crippen molar-refractivity contribution in [2.24, 2.45) is 11.3 Å². The van der Waals surface area contributed by atoms with Crippen LogP contribution in [0.15, 0.2) is 42.0 Å². The van der Waals surface area contributed by atoms with Crippen molar-refractivity contribution in [3.63, 3.8) is 0 Å². The number of hydrogen-bond acceptors (Lipinski definition) is 0. The molecule has 0 aromatic carbocycles. The van der Waals surface area contributed by atoms with Gasteiger partial charge in [-0.15, -0.1) is 12.8 Å². The summed E-state index contributed by atoms with van der Waals surface area (Å²) < 4.78 is 0. The predicted octanol–water partition coefficient (Wildman–Crippen LogP) is 11.0. The van der Waals surface area contributed by atoms with Crippen LogP contribution in [-0.4, -0.2) is 0 Å². The normalized spacial score (nSPS) is 17.0. The second kappa shape index (κ2) is 31.7. The molecule has 0 nitrogen and oxygen atoms in total. The maximum Gasteiger partial charge on any atom is 0 e. The molecule has 1 atom stereocenters. The standard InChI is InChI=1S/C13H19.C5H5.3C4H9.2CH3.Zr/c1-3-13(4-2)9-8-11-6-5-7-12(11)10-13;1-2-4-5-3-1;3*1-3-4-2;;;/h7-11H,3-6H2,1-2H3;1-3H,4H2;3*1,3-4H2,2H3;2*1H3;/q7*-1;. The monoisotopic (exact) mass is 531 g/mol. The zero-order chi connectivity index (χ0) is 23.1. The third-order valence-corrected chi connectivity index (χ3v) is 5.36. The molecule has 0 amide bonds. The van der Waals surface area contributed by atoms with Gasteiger partial charge in [-0.3, -0.25) is 6.08 Å². The van der Waals surface area contributed by atoms with E-state index in [2.05, 4.69) is 92.2 Å². The first-order chi connectivity index (χ1) is 14.5. The van der Waals surface area contributed by atoms with Crippen molar-refractivity contribution in [1.82, 2.24) is 0 Å². The van der Waals surface area contributed by atoms with Crippen molar-refractivity contribution < 1.29 is 26.2 Å². The van der Waals surface area contributed by atoms with Crippen molar-refractivity contribution >= 4 is 0 Å². The summed E-state index contributed by atoms with van der Waals surface area (Å²) >= 11 is 0. The molecule has 3 aliphatic carbocycles. The Kier molecular flexibility index (Phi) is 41.2. The third kappa shape index (κ3) is 23.2. The van der Waals surface area contributed by atoms with Gasteiger partial charge in [-0.1, -0.05) is 90.7 Å². The number of rotatable bonds is 5. The summed E-state index contributed by atoms with van der Waals surface area (Å²) in [5, 5.41) is 0. The van der Waals surface area contributed by atoms with Crippen molar-refractivity contribution in [2.75, 3.05) is 0 Å². The Morgan fingerprint density at radius 2 is 1.42 bits per heavy atom. The number of allylic oxidation sites excluding steroid dienone is 8. The Balaban J connectivity index is -0.000000111. The zero-order valence-corrected chi connectivity index (χ0v) is 26.0. The van der Waals surface area contributed by atoms with E-state index in [4.69, 9.17) is 0 Å². The van der Waals surface area contributed by atoms with E-state index < -0.39 is 0 Å². The van der Waals surface area contributed by atoms with Crippen LogP contribution < -0.4 is 0 Å². The van der Waals surface area contributed by atoms with E-state index in [9.17, 15) is 0 Å². The Bertz CT molecular complexity index is 437. The van der Waals surface area contributed by atoms with Crippen LogP contribution in [0.1, 0.15) is 105 Å². The molecule has 0 aliphatic heterocycles. The summed E-state index contributed by atoms with van der Waals surface area (Å²) in [7, 11) is 0. The summed E-state index contributed by atoms with van der Waals surface area (Å²) in [5.41, 5.74) is 1.98. The fourth-order valence-corrected chi connectivity index (χ4v) is 2.84. The minimum absolute atomic E-state index is 0. The second-order valence-corrected chi connectivity index (χ2v) is 7.90. The predicted molar refractivity (Wildman–Crippen MR) is 152 cm³/mol. The molecule has 1 unspecified atom stereocenters. The first-order valence-electron chi connectivity index (χ1n) is 12.4. The Morgan fingerprint density at radius 1 is 0.939 bits per heavy atom. The number of unbranched alkanes of at least 4 members (excludes halogenated alkanes) is 3. The van der Waals surface area contributed by atoms with Crippen molar-refractivity contribution in [2.45, 2.75) is 105 Å². The Labute approximate surface area is 232 Å². The first-order valence-corrected chi connectivity index (χ1v) is 12.4. The molecule has 1 fully saturated rings. The van der Waals surface area contributed by atoms with Gasteiger partial charge in [-0.2, -0.15) is 25.3 Å². The molecule has 33 heavy (non-hydrogen) atoms. The van der Waals surface area contributed by atoms with Crippen LogP contribution in [0.2, 0.25) is 0 Å². The van der Waals surface area contributed by atoms with Gasteiger partial charge in [0.25, 0.3) is 0 Å². The Morgan fingerprint density at radius 3 is 1.73 bits per heavy atom. The van der Waals surface area contributed by atoms with Crippen LogP contribution in [0.3, 0.4) is 0 Å². The molecule has 1 saturated carbocycles. The summed E-state index contributed by atoms with van der Waals surface area (Å²) in [4.78, 5) is 0. The molecule has 3 aliphatic rings. The van der Waals surface area contributed by atoms with E-state index in [-0.39, 0.29) is 41.1 Å². The van der Waals surface area contributed by atoms with Gasteiger partial charge >= 0.3 is 0 Å². The van der Waals surface area contributed by atoms with Crippen molar-refractivity contribution in [1.29, 1.82) is 0 Å². The third-order valence-electron chi connectivity index (χ3n) is 5.36. The molecular weight excluding hydrogens is 476 g/mol. The summed E-state index contributed by atoms with van der Waals surface area (Å²) in [6.07, 6.45) is 31.8. The molecular formula is C32H57Zr-7. The second-order valence-electron chi connectivity index (χ2n) is 7.90. The quantitative estimate of drug-likeness (QED) is 0.244. The van der Waals surface area contributed by atoms with Crippen LogP contribution >= 0.6 is 0 Å². The van der Waals surface area contributed by atoms with Gasteiger partial charge < -0.3 is 35.6 Å². The molecule has 3 rings (SSSR count). The summed E-state index contributed by atoms with van der Waals surface area (Å²) in [6.45, 7) is 21.8. The summed E-state index contributed by atoms with van der Waals surface area (Å²) in [5.74, 6) is 0.756. The van der Waals surface area contributed by atoms with Crippen molar-refractivity contribution in [3.8, 4) is 0 Å². The fraction of sp³-hybridized carbons (Fsp3) is 0.562. The smallest absolute Gasteiger partial charge is 0 e. The molecule has 0 N–H and O–H groups in total. The Hall–Kier alpha value is -0.287. The molecule has 1 heteroatoms. The molecule has 0 aromatic rings. The maximum atomic E-state index is 3.60. The molecule has 0 spiro atoms. The molecule has 0 aromatic heterocycles. The molecule has 0 heterocycles. The van der Waals surface area contributed by atoms with Crippen LogP contribution in [0, 0.1) is 59.5 Å². The van der Waals surface area contributed by atoms with Crippen LogP contribution in [0.4, 0.5) is 0 Å². The molecule has 0 saturated heterocycles. The van der Waals surface area contributed by atoms with Crippen molar-refractivity contribution in [3.05, 3.63) is 90.2 Å². The molecule has 196 valence electrons. The van der Waals surface area contributed by atoms with Gasteiger partial charge in [0.1, 0.15) is 0 Å². The number of hydrogen-bond donors (Lipinski definition) is 0. The average Bonchev–Trinajstić information content (AvgIpc) is 3.54. The maximum absolute atomic E-state index is 3.60. The van der Waals surface area contributed by atoms with E-state index in [0.717, 1.165) is 31.6 Å². The topological polar surface area (TPSA) is 0 Å². The van der Waals surface area contributed by atoms with Gasteiger partial charge in [0.2, 0.25) is 0 Å². The van der Waals surface area contributed by atoms with Crippen LogP contribution in [0.25, 0.3) is 0 Å².